The third-order valence-electron chi connectivity index (χ3n) is 4.28. The summed E-state index contributed by atoms with van der Waals surface area (Å²) in [6, 6.07) is 4.00. The number of ether oxygens (including phenoxy) is 2. The molecular weight excluding hydrogens is 254 g/mol. The number of nitrogens with zero attached hydrogens (tertiary/aromatic N) is 1. The quantitative estimate of drug-likeness (QED) is 0.792. The molecule has 4 heteroatoms. The van der Waals surface area contributed by atoms with Gasteiger partial charge in [0, 0.05) is 6.54 Å². The molecule has 1 aromatic rings. The molecule has 1 heterocycles. The minimum atomic E-state index is -0.120. The van der Waals surface area contributed by atoms with Gasteiger partial charge in [-0.1, -0.05) is 6.07 Å². The van der Waals surface area contributed by atoms with Crippen molar-refractivity contribution >= 4 is 5.97 Å². The molecule has 0 aromatic heterocycles. The molecule has 1 aliphatic heterocycles. The number of benzene rings is 1. The van der Waals surface area contributed by atoms with Gasteiger partial charge in [-0.15, -0.1) is 0 Å². The molecule has 0 N–H and O–H groups in total. The van der Waals surface area contributed by atoms with Crippen molar-refractivity contribution in [2.24, 2.45) is 0 Å². The Kier molecular flexibility index (Phi) is 4.65. The average molecular weight is 277 g/mol. The van der Waals surface area contributed by atoms with Crippen LogP contribution in [0.15, 0.2) is 12.1 Å². The van der Waals surface area contributed by atoms with Crippen molar-refractivity contribution in [3.05, 3.63) is 28.8 Å². The Morgan fingerprint density at radius 1 is 1.30 bits per heavy atom. The van der Waals surface area contributed by atoms with Gasteiger partial charge in [0.1, 0.15) is 11.8 Å². The fourth-order valence-electron chi connectivity index (χ4n) is 2.88. The van der Waals surface area contributed by atoms with E-state index in [0.717, 1.165) is 31.7 Å². The van der Waals surface area contributed by atoms with Gasteiger partial charge in [-0.2, -0.15) is 0 Å². The van der Waals surface area contributed by atoms with Crippen LogP contribution < -0.4 is 4.74 Å². The highest BCUT2D eigenvalue weighted by molar-refractivity contribution is 5.76. The second-order valence-electron chi connectivity index (χ2n) is 5.33. The second kappa shape index (κ2) is 6.27. The monoisotopic (exact) mass is 277 g/mol. The number of carbonyl (C=O) groups is 1. The lowest BCUT2D eigenvalue weighted by Crippen LogP contribution is -2.36. The minimum Gasteiger partial charge on any atom is -0.496 e. The van der Waals surface area contributed by atoms with Crippen molar-refractivity contribution in [3.8, 4) is 5.75 Å². The molecule has 0 amide bonds. The van der Waals surface area contributed by atoms with Gasteiger partial charge in [-0.25, -0.2) is 0 Å². The van der Waals surface area contributed by atoms with Crippen LogP contribution in [0.3, 0.4) is 0 Å². The van der Waals surface area contributed by atoms with Gasteiger partial charge < -0.3 is 9.47 Å². The second-order valence-corrected chi connectivity index (χ2v) is 5.33. The van der Waals surface area contributed by atoms with Crippen molar-refractivity contribution < 1.29 is 14.3 Å². The summed E-state index contributed by atoms with van der Waals surface area (Å²) < 4.78 is 10.2. The molecule has 1 aromatic carbocycles. The molecule has 110 valence electrons. The van der Waals surface area contributed by atoms with Crippen LogP contribution in [0, 0.1) is 13.8 Å². The van der Waals surface area contributed by atoms with Gasteiger partial charge in [0.2, 0.25) is 0 Å². The number of likely N-dealkylation sites (tertiary alicyclic amines) is 1. The molecule has 0 aliphatic carbocycles. The maximum atomic E-state index is 11.8. The van der Waals surface area contributed by atoms with Gasteiger partial charge in [-0.05, 0) is 56.0 Å². The van der Waals surface area contributed by atoms with Crippen LogP contribution in [0.25, 0.3) is 0 Å². The Bertz CT molecular complexity index is 499. The molecule has 2 rings (SSSR count). The molecule has 0 bridgehead atoms. The van der Waals surface area contributed by atoms with E-state index in [-0.39, 0.29) is 12.0 Å². The molecule has 1 fully saturated rings. The van der Waals surface area contributed by atoms with Crippen LogP contribution in [-0.4, -0.2) is 37.7 Å². The van der Waals surface area contributed by atoms with E-state index in [1.54, 1.807) is 7.11 Å². The van der Waals surface area contributed by atoms with E-state index in [1.807, 2.05) is 6.07 Å². The van der Waals surface area contributed by atoms with E-state index in [0.29, 0.717) is 0 Å². The fraction of sp³-hybridized carbons (Fsp3) is 0.562. The molecule has 0 radical (unpaired) electrons. The zero-order valence-corrected chi connectivity index (χ0v) is 12.7. The smallest absolute Gasteiger partial charge is 0.323 e. The summed E-state index contributed by atoms with van der Waals surface area (Å²) in [4.78, 5) is 14.0. The summed E-state index contributed by atoms with van der Waals surface area (Å²) in [6.07, 6.45) is 1.94. The Balaban J connectivity index is 2.18. The van der Waals surface area contributed by atoms with E-state index in [4.69, 9.17) is 9.47 Å². The van der Waals surface area contributed by atoms with Gasteiger partial charge >= 0.3 is 5.97 Å². The van der Waals surface area contributed by atoms with Gasteiger partial charge in [-0.3, -0.25) is 9.69 Å². The number of hydrogen-bond donors (Lipinski definition) is 0. The zero-order chi connectivity index (χ0) is 14.7. The molecule has 0 spiro atoms. The van der Waals surface area contributed by atoms with E-state index in [2.05, 4.69) is 24.8 Å². The largest absolute Gasteiger partial charge is 0.496 e. The summed E-state index contributed by atoms with van der Waals surface area (Å²) in [5.74, 6) is 0.794. The van der Waals surface area contributed by atoms with Crippen LogP contribution in [0.4, 0.5) is 0 Å². The first-order chi connectivity index (χ1) is 9.58. The summed E-state index contributed by atoms with van der Waals surface area (Å²) >= 11 is 0. The Morgan fingerprint density at radius 3 is 2.70 bits per heavy atom. The van der Waals surface area contributed by atoms with Crippen LogP contribution in [0.2, 0.25) is 0 Å². The van der Waals surface area contributed by atoms with Gasteiger partial charge in [0.25, 0.3) is 0 Å². The fourth-order valence-corrected chi connectivity index (χ4v) is 2.88. The molecule has 0 saturated carbocycles. The number of rotatable bonds is 4. The Hall–Kier alpha value is -1.55. The van der Waals surface area contributed by atoms with Gasteiger partial charge in [0.05, 0.1) is 14.2 Å². The van der Waals surface area contributed by atoms with E-state index in [9.17, 15) is 4.79 Å². The van der Waals surface area contributed by atoms with E-state index in [1.165, 1.54) is 23.8 Å². The number of methoxy groups -OCH3 is 2. The Morgan fingerprint density at radius 2 is 2.05 bits per heavy atom. The van der Waals surface area contributed by atoms with Gasteiger partial charge in [0.15, 0.2) is 0 Å². The van der Waals surface area contributed by atoms with Crippen LogP contribution in [0.1, 0.15) is 29.5 Å². The minimum absolute atomic E-state index is 0.0955. The predicted molar refractivity (Wildman–Crippen MR) is 77.9 cm³/mol. The molecule has 1 unspecified atom stereocenters. The first-order valence-electron chi connectivity index (χ1n) is 7.03. The SMILES string of the molecule is COC(=O)C1CCCN1Cc1ccc(OC)c(C)c1C. The topological polar surface area (TPSA) is 38.8 Å². The summed E-state index contributed by atoms with van der Waals surface area (Å²) in [5.41, 5.74) is 3.65. The third kappa shape index (κ3) is 2.80. The third-order valence-corrected chi connectivity index (χ3v) is 4.28. The summed E-state index contributed by atoms with van der Waals surface area (Å²) in [6.45, 7) is 5.91. The molecular formula is C16H23NO3. The normalized spacial score (nSPS) is 19.1. The first-order valence-corrected chi connectivity index (χ1v) is 7.03. The van der Waals surface area contributed by atoms with E-state index >= 15 is 0 Å². The molecule has 1 atom stereocenters. The summed E-state index contributed by atoms with van der Waals surface area (Å²) in [5, 5.41) is 0. The average Bonchev–Trinajstić information content (AvgIpc) is 2.91. The maximum Gasteiger partial charge on any atom is 0.323 e. The predicted octanol–water partition coefficient (Wildman–Crippen LogP) is 2.45. The highest BCUT2D eigenvalue weighted by Crippen LogP contribution is 2.27. The lowest BCUT2D eigenvalue weighted by atomic mass is 10.0. The van der Waals surface area contributed by atoms with Crippen LogP contribution in [0.5, 0.6) is 5.75 Å². The lowest BCUT2D eigenvalue weighted by molar-refractivity contribution is -0.146. The molecule has 4 nitrogen and oxygen atoms in total. The first kappa shape index (κ1) is 14.9. The number of carbonyl (C=O) groups excluding carboxylic acids is 1. The molecule has 1 saturated heterocycles. The molecule has 20 heavy (non-hydrogen) atoms. The van der Waals surface area contributed by atoms with E-state index < -0.39 is 0 Å². The summed E-state index contributed by atoms with van der Waals surface area (Å²) in [7, 11) is 3.15. The molecule has 1 aliphatic rings. The van der Waals surface area contributed by atoms with Crippen LogP contribution in [-0.2, 0) is 16.1 Å². The zero-order valence-electron chi connectivity index (χ0n) is 12.7. The van der Waals surface area contributed by atoms with Crippen molar-refractivity contribution in [1.82, 2.24) is 4.90 Å². The highest BCUT2D eigenvalue weighted by atomic mass is 16.5. The number of esters is 1. The lowest BCUT2D eigenvalue weighted by Gasteiger charge is -2.24. The van der Waals surface area contributed by atoms with Crippen molar-refractivity contribution in [2.75, 3.05) is 20.8 Å². The standard InChI is InChI=1S/C16H23NO3/c1-11-12(2)15(19-3)8-7-13(11)10-17-9-5-6-14(17)16(18)20-4/h7-8,14H,5-6,9-10H2,1-4H3. The van der Waals surface area contributed by atoms with Crippen molar-refractivity contribution in [3.63, 3.8) is 0 Å². The maximum absolute atomic E-state index is 11.8. The van der Waals surface area contributed by atoms with Crippen LogP contribution >= 0.6 is 0 Å². The highest BCUT2D eigenvalue weighted by Gasteiger charge is 2.31. The number of hydrogen-bond acceptors (Lipinski definition) is 4. The van der Waals surface area contributed by atoms with Crippen molar-refractivity contribution in [1.29, 1.82) is 0 Å². The van der Waals surface area contributed by atoms with Crippen molar-refractivity contribution in [2.45, 2.75) is 39.3 Å². The Labute approximate surface area is 120 Å².